The molecule has 0 saturated carbocycles. The normalized spacial score (nSPS) is 10.4. The molecule has 2 rings (SSSR count). The predicted molar refractivity (Wildman–Crippen MR) is 98.8 cm³/mol. The van der Waals surface area contributed by atoms with E-state index in [4.69, 9.17) is 25.8 Å². The van der Waals surface area contributed by atoms with Crippen molar-refractivity contribution < 1.29 is 19.0 Å². The molecule has 0 aromatic heterocycles. The number of carbonyl (C=O) groups excluding carboxylic acids is 1. The molecule has 0 spiro atoms. The van der Waals surface area contributed by atoms with Crippen LogP contribution in [-0.4, -0.2) is 12.6 Å². The standard InChI is InChI=1S/C20H23ClO4/c1-5-20(22)25-18-9-7-8-17(23-6-2)15(18)12-24-19-11-14(4)13(3)10-16(19)21/h7-11H,5-6,12H2,1-4H3. The lowest BCUT2D eigenvalue weighted by Gasteiger charge is -2.16. The molecule has 0 unspecified atom stereocenters. The van der Waals surface area contributed by atoms with Crippen LogP contribution in [0.3, 0.4) is 0 Å². The minimum atomic E-state index is -0.306. The molecule has 0 atom stereocenters. The molecule has 25 heavy (non-hydrogen) atoms. The lowest BCUT2D eigenvalue weighted by molar-refractivity contribution is -0.134. The van der Waals surface area contributed by atoms with Gasteiger partial charge in [-0.05, 0) is 56.2 Å². The van der Waals surface area contributed by atoms with Crippen LogP contribution in [0.2, 0.25) is 5.02 Å². The zero-order valence-corrected chi connectivity index (χ0v) is 15.8. The van der Waals surface area contributed by atoms with Crippen LogP contribution in [0.25, 0.3) is 0 Å². The van der Waals surface area contributed by atoms with E-state index in [1.807, 2.05) is 39.0 Å². The van der Waals surface area contributed by atoms with Gasteiger partial charge in [0.1, 0.15) is 23.9 Å². The number of rotatable bonds is 7. The Morgan fingerprint density at radius 1 is 1.00 bits per heavy atom. The van der Waals surface area contributed by atoms with Gasteiger partial charge in [-0.1, -0.05) is 24.6 Å². The number of carbonyl (C=O) groups is 1. The third-order valence-electron chi connectivity index (χ3n) is 3.82. The number of hydrogen-bond donors (Lipinski definition) is 0. The molecule has 0 amide bonds. The Morgan fingerprint density at radius 2 is 1.68 bits per heavy atom. The number of aryl methyl sites for hydroxylation is 2. The summed E-state index contributed by atoms with van der Waals surface area (Å²) in [6.07, 6.45) is 0.294. The smallest absolute Gasteiger partial charge is 0.310 e. The molecule has 0 fully saturated rings. The minimum absolute atomic E-state index is 0.185. The first-order valence-electron chi connectivity index (χ1n) is 8.31. The zero-order chi connectivity index (χ0) is 18.4. The molecule has 0 radical (unpaired) electrons. The second kappa shape index (κ2) is 8.77. The Morgan fingerprint density at radius 3 is 2.36 bits per heavy atom. The molecule has 2 aromatic rings. The van der Waals surface area contributed by atoms with Crippen LogP contribution < -0.4 is 14.2 Å². The van der Waals surface area contributed by atoms with Gasteiger partial charge in [-0.2, -0.15) is 0 Å². The van der Waals surface area contributed by atoms with Crippen molar-refractivity contribution in [3.8, 4) is 17.2 Å². The third kappa shape index (κ3) is 4.89. The summed E-state index contributed by atoms with van der Waals surface area (Å²) < 4.78 is 17.0. The summed E-state index contributed by atoms with van der Waals surface area (Å²) >= 11 is 6.27. The lowest BCUT2D eigenvalue weighted by atomic mass is 10.1. The molecule has 0 aliphatic rings. The Balaban J connectivity index is 2.30. The van der Waals surface area contributed by atoms with E-state index in [0.29, 0.717) is 40.9 Å². The van der Waals surface area contributed by atoms with E-state index in [-0.39, 0.29) is 12.6 Å². The lowest BCUT2D eigenvalue weighted by Crippen LogP contribution is -2.10. The van der Waals surface area contributed by atoms with Gasteiger partial charge in [0.25, 0.3) is 0 Å². The summed E-state index contributed by atoms with van der Waals surface area (Å²) in [5, 5.41) is 0.545. The average Bonchev–Trinajstić information content (AvgIpc) is 2.58. The first-order chi connectivity index (χ1) is 12.0. The second-order valence-corrected chi connectivity index (χ2v) is 6.06. The first-order valence-corrected chi connectivity index (χ1v) is 8.68. The van der Waals surface area contributed by atoms with E-state index >= 15 is 0 Å². The molecular weight excluding hydrogens is 340 g/mol. The molecule has 0 aliphatic heterocycles. The van der Waals surface area contributed by atoms with Gasteiger partial charge in [0.15, 0.2) is 0 Å². The largest absolute Gasteiger partial charge is 0.493 e. The highest BCUT2D eigenvalue weighted by atomic mass is 35.5. The van der Waals surface area contributed by atoms with E-state index < -0.39 is 0 Å². The van der Waals surface area contributed by atoms with Crippen molar-refractivity contribution in [3.63, 3.8) is 0 Å². The predicted octanol–water partition coefficient (Wildman–Crippen LogP) is 5.25. The van der Waals surface area contributed by atoms with Gasteiger partial charge in [0.05, 0.1) is 17.2 Å². The SMILES string of the molecule is CCOc1cccc(OC(=O)CC)c1COc1cc(C)c(C)cc1Cl. The van der Waals surface area contributed by atoms with Crippen LogP contribution >= 0.6 is 11.6 Å². The molecule has 134 valence electrons. The first kappa shape index (κ1) is 19.1. The van der Waals surface area contributed by atoms with E-state index in [2.05, 4.69) is 0 Å². The zero-order valence-electron chi connectivity index (χ0n) is 15.0. The fourth-order valence-electron chi connectivity index (χ4n) is 2.28. The highest BCUT2D eigenvalue weighted by molar-refractivity contribution is 6.32. The van der Waals surface area contributed by atoms with Gasteiger partial charge in [-0.15, -0.1) is 0 Å². The molecule has 0 bridgehead atoms. The monoisotopic (exact) mass is 362 g/mol. The molecule has 4 nitrogen and oxygen atoms in total. The van der Waals surface area contributed by atoms with Crippen molar-refractivity contribution in [2.24, 2.45) is 0 Å². The van der Waals surface area contributed by atoms with Gasteiger partial charge in [0, 0.05) is 6.42 Å². The van der Waals surface area contributed by atoms with Crippen molar-refractivity contribution in [1.82, 2.24) is 0 Å². The van der Waals surface area contributed by atoms with Gasteiger partial charge in [0.2, 0.25) is 0 Å². The minimum Gasteiger partial charge on any atom is -0.493 e. The summed E-state index contributed by atoms with van der Waals surface area (Å²) in [5.74, 6) is 1.35. The Hall–Kier alpha value is -2.20. The number of ether oxygens (including phenoxy) is 3. The van der Waals surface area contributed by atoms with Gasteiger partial charge >= 0.3 is 5.97 Å². The van der Waals surface area contributed by atoms with Gasteiger partial charge < -0.3 is 14.2 Å². The maximum Gasteiger partial charge on any atom is 0.310 e. The molecule has 0 aliphatic carbocycles. The highest BCUT2D eigenvalue weighted by Crippen LogP contribution is 2.33. The van der Waals surface area contributed by atoms with Crippen molar-refractivity contribution in [2.75, 3.05) is 6.61 Å². The summed E-state index contributed by atoms with van der Waals surface area (Å²) in [4.78, 5) is 11.7. The number of hydrogen-bond acceptors (Lipinski definition) is 4. The van der Waals surface area contributed by atoms with Crippen LogP contribution in [0.15, 0.2) is 30.3 Å². The molecular formula is C20H23ClO4. The van der Waals surface area contributed by atoms with E-state index in [1.54, 1.807) is 19.1 Å². The fraction of sp³-hybridized carbons (Fsp3) is 0.350. The summed E-state index contributed by atoms with van der Waals surface area (Å²) in [7, 11) is 0. The van der Waals surface area contributed by atoms with E-state index in [9.17, 15) is 4.79 Å². The number of esters is 1. The van der Waals surface area contributed by atoms with Gasteiger partial charge in [-0.3, -0.25) is 4.79 Å². The maximum atomic E-state index is 11.7. The van der Waals surface area contributed by atoms with Crippen molar-refractivity contribution in [3.05, 3.63) is 52.0 Å². The van der Waals surface area contributed by atoms with Gasteiger partial charge in [-0.25, -0.2) is 0 Å². The van der Waals surface area contributed by atoms with E-state index in [0.717, 1.165) is 11.1 Å². The third-order valence-corrected chi connectivity index (χ3v) is 4.12. The second-order valence-electron chi connectivity index (χ2n) is 5.65. The summed E-state index contributed by atoms with van der Waals surface area (Å²) in [6, 6.07) is 9.12. The Bertz CT molecular complexity index is 756. The van der Waals surface area contributed by atoms with Crippen LogP contribution in [0, 0.1) is 13.8 Å². The highest BCUT2D eigenvalue weighted by Gasteiger charge is 2.15. The van der Waals surface area contributed by atoms with E-state index in [1.165, 1.54) is 0 Å². The quantitative estimate of drug-likeness (QED) is 0.498. The number of benzene rings is 2. The summed E-state index contributed by atoms with van der Waals surface area (Å²) in [6.45, 7) is 8.33. The van der Waals surface area contributed by atoms with Crippen LogP contribution in [0.4, 0.5) is 0 Å². The van der Waals surface area contributed by atoms with Crippen molar-refractivity contribution >= 4 is 17.6 Å². The Kier molecular flexibility index (Phi) is 6.71. The maximum absolute atomic E-state index is 11.7. The Labute approximate surface area is 153 Å². The molecule has 0 N–H and O–H groups in total. The topological polar surface area (TPSA) is 44.8 Å². The average molecular weight is 363 g/mol. The fourth-order valence-corrected chi connectivity index (χ4v) is 2.56. The molecule has 2 aromatic carbocycles. The van der Waals surface area contributed by atoms with Crippen LogP contribution in [-0.2, 0) is 11.4 Å². The molecule has 0 saturated heterocycles. The van der Waals surface area contributed by atoms with Crippen LogP contribution in [0.5, 0.6) is 17.2 Å². The van der Waals surface area contributed by atoms with Crippen LogP contribution in [0.1, 0.15) is 37.0 Å². The van der Waals surface area contributed by atoms with Crippen molar-refractivity contribution in [2.45, 2.75) is 40.7 Å². The number of halogens is 1. The molecule has 5 heteroatoms. The van der Waals surface area contributed by atoms with Crippen molar-refractivity contribution in [1.29, 1.82) is 0 Å². The summed E-state index contributed by atoms with van der Waals surface area (Å²) in [5.41, 5.74) is 2.88. The molecule has 0 heterocycles.